The Hall–Kier alpha value is -5.58. The van der Waals surface area contributed by atoms with Crippen LogP contribution in [0.4, 0.5) is 10.0 Å². The van der Waals surface area contributed by atoms with Crippen molar-refractivity contribution in [2.45, 2.75) is 75.4 Å². The Morgan fingerprint density at radius 2 is 0.862 bits per heavy atom. The van der Waals surface area contributed by atoms with Crippen LogP contribution in [-0.4, -0.2) is 11.2 Å². The third kappa shape index (κ3) is 4.91. The highest BCUT2D eigenvalue weighted by Gasteiger charge is 2.50. The number of allylic oxidation sites excluding steroid dienone is 4. The van der Waals surface area contributed by atoms with Crippen molar-refractivity contribution in [1.82, 2.24) is 0 Å². The molecule has 2 unspecified atom stereocenters. The molecule has 2 spiro atoms. The minimum Gasteiger partial charge on any atom is -0.481 e. The normalized spacial score (nSPS) is 22.3. The minimum atomic E-state index is -0.471. The van der Waals surface area contributed by atoms with Gasteiger partial charge >= 0.3 is 0 Å². The quantitative estimate of drug-likeness (QED) is 0.174. The van der Waals surface area contributed by atoms with E-state index in [9.17, 15) is 19.2 Å². The van der Waals surface area contributed by atoms with Gasteiger partial charge < -0.3 is 9.47 Å². The molecule has 10 heteroatoms. The zero-order chi connectivity index (χ0) is 38.9. The summed E-state index contributed by atoms with van der Waals surface area (Å²) in [7, 11) is 0. The number of fused-ring (bicyclic) bond motifs is 11. The van der Waals surface area contributed by atoms with E-state index >= 15 is 0 Å². The average molecular weight is 801 g/mol. The van der Waals surface area contributed by atoms with Crippen LogP contribution >= 0.6 is 22.7 Å². The third-order valence-corrected chi connectivity index (χ3v) is 15.5. The van der Waals surface area contributed by atoms with Gasteiger partial charge in [0.05, 0.1) is 9.75 Å². The fourth-order valence-electron chi connectivity index (χ4n) is 10.6. The Morgan fingerprint density at radius 3 is 1.22 bits per heavy atom. The Bertz CT molecular complexity index is 2940. The largest absolute Gasteiger partial charge is 0.481 e. The molecule has 4 heterocycles. The van der Waals surface area contributed by atoms with Gasteiger partial charge in [0, 0.05) is 56.7 Å². The summed E-state index contributed by atoms with van der Waals surface area (Å²) in [5, 5.41) is 2.71. The van der Waals surface area contributed by atoms with Gasteiger partial charge in [0.1, 0.15) is 32.7 Å². The lowest BCUT2D eigenvalue weighted by atomic mass is 9.65. The molecule has 2 fully saturated rings. The molecule has 0 amide bonds. The van der Waals surface area contributed by atoms with Crippen LogP contribution in [0.1, 0.15) is 74.0 Å². The summed E-state index contributed by atoms with van der Waals surface area (Å²) in [6.45, 7) is 0. The molecule has 2 aliphatic heterocycles. The fraction of sp³-hybridized carbons (Fsp3) is 0.292. The van der Waals surface area contributed by atoms with Gasteiger partial charge in [0.15, 0.2) is 10.7 Å². The molecular weight excluding hydrogens is 765 g/mol. The van der Waals surface area contributed by atoms with Crippen molar-refractivity contribution < 1.29 is 9.47 Å². The molecule has 0 bridgehead atoms. The van der Waals surface area contributed by atoms with E-state index < -0.39 is 11.2 Å². The van der Waals surface area contributed by atoms with Gasteiger partial charge in [-0.1, -0.05) is 85.7 Å². The predicted molar refractivity (Wildman–Crippen MR) is 229 cm³/mol. The Balaban J connectivity index is 0.997. The van der Waals surface area contributed by atoms with E-state index in [4.69, 9.17) is 19.5 Å². The van der Waals surface area contributed by atoms with Gasteiger partial charge in [-0.05, 0) is 62.5 Å². The van der Waals surface area contributed by atoms with Gasteiger partial charge in [-0.25, -0.2) is 9.98 Å². The molecule has 4 aromatic carbocycles. The molecule has 4 aliphatic carbocycles. The third-order valence-electron chi connectivity index (χ3n) is 13.4. The van der Waals surface area contributed by atoms with E-state index in [0.717, 1.165) is 83.8 Å². The molecule has 2 saturated carbocycles. The lowest BCUT2D eigenvalue weighted by molar-refractivity contribution is 0.0636. The number of hydrogen-bond acceptors (Lipinski definition) is 10. The summed E-state index contributed by atoms with van der Waals surface area (Å²) in [5.41, 5.74) is 2.48. The Labute approximate surface area is 339 Å². The van der Waals surface area contributed by atoms with Crippen LogP contribution in [0.2, 0.25) is 0 Å². The molecule has 0 N–H and O–H groups in total. The summed E-state index contributed by atoms with van der Waals surface area (Å²) in [4.78, 5) is 64.6. The van der Waals surface area contributed by atoms with Crippen LogP contribution in [0, 0.1) is 11.8 Å². The number of ether oxygens (including phenoxy) is 2. The molecule has 12 rings (SSSR count). The highest BCUT2D eigenvalue weighted by molar-refractivity contribution is 7.17. The summed E-state index contributed by atoms with van der Waals surface area (Å²) in [6.07, 6.45) is 20.0. The lowest BCUT2D eigenvalue weighted by Crippen LogP contribution is -2.45. The smallest absolute Gasteiger partial charge is 0.216 e. The van der Waals surface area contributed by atoms with Crippen molar-refractivity contribution in [2.24, 2.45) is 21.8 Å². The molecule has 6 aromatic rings. The first kappa shape index (κ1) is 34.5. The number of nitrogens with zero attached hydrogens (tertiary/aromatic N) is 2. The zero-order valence-electron chi connectivity index (χ0n) is 31.5. The molecule has 2 aromatic heterocycles. The van der Waals surface area contributed by atoms with Crippen molar-refractivity contribution in [2.75, 3.05) is 0 Å². The second-order valence-corrected chi connectivity index (χ2v) is 18.7. The van der Waals surface area contributed by atoms with E-state index in [1.807, 2.05) is 12.1 Å². The highest BCUT2D eigenvalue weighted by atomic mass is 32.1. The monoisotopic (exact) mass is 800 g/mol. The molecule has 6 aliphatic rings. The first-order valence-corrected chi connectivity index (χ1v) is 22.0. The maximum atomic E-state index is 13.3. The average Bonchev–Trinajstić information content (AvgIpc) is 3.97. The number of hydrogen-bond donors (Lipinski definition) is 0. The highest BCUT2D eigenvalue weighted by Crippen LogP contribution is 2.60. The predicted octanol–water partition coefficient (Wildman–Crippen LogP) is 8.54. The van der Waals surface area contributed by atoms with Gasteiger partial charge in [0.2, 0.25) is 21.7 Å². The van der Waals surface area contributed by atoms with Crippen molar-refractivity contribution in [3.63, 3.8) is 0 Å². The van der Waals surface area contributed by atoms with Gasteiger partial charge in [-0.15, -0.1) is 22.7 Å². The van der Waals surface area contributed by atoms with Gasteiger partial charge in [-0.3, -0.25) is 19.2 Å². The van der Waals surface area contributed by atoms with Crippen molar-refractivity contribution in [1.29, 1.82) is 0 Å². The van der Waals surface area contributed by atoms with Crippen molar-refractivity contribution in [3.05, 3.63) is 157 Å². The molecule has 2 atom stereocenters. The maximum absolute atomic E-state index is 13.3. The minimum absolute atomic E-state index is 0.0422. The first-order valence-electron chi connectivity index (χ1n) is 20.4. The maximum Gasteiger partial charge on any atom is 0.216 e. The van der Waals surface area contributed by atoms with Crippen LogP contribution < -0.4 is 41.9 Å². The van der Waals surface area contributed by atoms with Crippen molar-refractivity contribution >= 4 is 65.4 Å². The van der Waals surface area contributed by atoms with Crippen LogP contribution in [0.15, 0.2) is 125 Å². The number of benzene rings is 2. The summed E-state index contributed by atoms with van der Waals surface area (Å²) in [6, 6.07) is 17.7. The summed E-state index contributed by atoms with van der Waals surface area (Å²) < 4.78 is 14.1. The van der Waals surface area contributed by atoms with E-state index in [2.05, 4.69) is 24.3 Å². The SMILES string of the molecule is O=c1c(=Nc2cc3c(s2)C2=CC4C=C5C(=CC4C=C2C2(CCCCC2)O3)c2sc(N=c3c(=O)c4ccccc4c3=O)cc2OC52CCCCC2)c(=O)c2ccccc12. The second-order valence-electron chi connectivity index (χ2n) is 16.7. The Morgan fingerprint density at radius 1 is 0.500 bits per heavy atom. The Kier molecular flexibility index (Phi) is 7.40. The van der Waals surface area contributed by atoms with E-state index in [-0.39, 0.29) is 44.3 Å². The molecule has 58 heavy (non-hydrogen) atoms. The van der Waals surface area contributed by atoms with Crippen LogP contribution in [0.5, 0.6) is 11.5 Å². The number of thiophene rings is 2. The van der Waals surface area contributed by atoms with Crippen molar-refractivity contribution in [3.8, 4) is 11.5 Å². The lowest BCUT2D eigenvalue weighted by Gasteiger charge is -2.48. The topological polar surface area (TPSA) is 111 Å². The summed E-state index contributed by atoms with van der Waals surface area (Å²) >= 11 is 2.96. The van der Waals surface area contributed by atoms with Gasteiger partial charge in [-0.2, -0.15) is 0 Å². The molecule has 286 valence electrons. The molecule has 0 radical (unpaired) electrons. The summed E-state index contributed by atoms with van der Waals surface area (Å²) in [5.74, 6) is 1.69. The van der Waals surface area contributed by atoms with E-state index in [1.165, 1.54) is 46.7 Å². The van der Waals surface area contributed by atoms with Crippen LogP contribution in [-0.2, 0) is 0 Å². The van der Waals surface area contributed by atoms with Crippen LogP contribution in [0.3, 0.4) is 0 Å². The van der Waals surface area contributed by atoms with E-state index in [0.29, 0.717) is 31.5 Å². The van der Waals surface area contributed by atoms with Gasteiger partial charge in [0.25, 0.3) is 0 Å². The second kappa shape index (κ2) is 12.5. The molecule has 8 nitrogen and oxygen atoms in total. The number of rotatable bonds is 2. The molecular formula is C48H36N2O6S2. The molecule has 0 saturated heterocycles. The first-order chi connectivity index (χ1) is 28.3. The van der Waals surface area contributed by atoms with E-state index in [1.54, 1.807) is 48.5 Å². The van der Waals surface area contributed by atoms with Crippen LogP contribution in [0.25, 0.3) is 32.7 Å². The fourth-order valence-corrected chi connectivity index (χ4v) is 12.6. The standard InChI is InChI=1S/C48H36N2O6S2/c51-41-27-11-3-4-12-28(27)42(52)39(41)49-37-23-35-45(57-37)31-19-26-22-34-32(20-25(26)21-33(31)47(55-35)15-7-1-8-16-47)46-36(56-48(34)17-9-2-10-18-48)24-38(58-46)50-40-43(53)29-13-5-6-14-30(29)44(40)54/h3-6,11-14,19-26H,1-2,7-10,15-18H2. The zero-order valence-corrected chi connectivity index (χ0v) is 33.1.